The maximum Gasteiger partial charge on any atom is 0.289 e. The summed E-state index contributed by atoms with van der Waals surface area (Å²) in [7, 11) is -8.80. The molecule has 12 nitrogen and oxygen atoms in total. The summed E-state index contributed by atoms with van der Waals surface area (Å²) < 4.78 is 56.0. The predicted molar refractivity (Wildman–Crippen MR) is 136 cm³/mol. The van der Waals surface area contributed by atoms with Gasteiger partial charge in [-0.25, -0.2) is 16.8 Å². The maximum atomic E-state index is 13.5. The smallest absolute Gasteiger partial charge is 0.258 e. The largest absolute Gasteiger partial charge is 0.289 e. The molecular formula is C23H24N4O8S2. The van der Waals surface area contributed by atoms with Crippen LogP contribution in [-0.2, 0) is 20.0 Å². The molecule has 0 saturated carbocycles. The van der Waals surface area contributed by atoms with E-state index in [1.807, 2.05) is 0 Å². The van der Waals surface area contributed by atoms with Crippen molar-refractivity contribution >= 4 is 31.4 Å². The van der Waals surface area contributed by atoms with Crippen LogP contribution < -0.4 is 0 Å². The first-order valence-electron chi connectivity index (χ1n) is 10.9. The molecule has 0 saturated heterocycles. The van der Waals surface area contributed by atoms with Gasteiger partial charge < -0.3 is 0 Å². The van der Waals surface area contributed by atoms with Crippen molar-refractivity contribution in [3.8, 4) is 0 Å². The fourth-order valence-electron chi connectivity index (χ4n) is 4.07. The van der Waals surface area contributed by atoms with Crippen LogP contribution >= 0.6 is 0 Å². The van der Waals surface area contributed by atoms with Gasteiger partial charge in [-0.3, -0.25) is 20.2 Å². The molecule has 0 bridgehead atoms. The third kappa shape index (κ3) is 5.51. The highest BCUT2D eigenvalue weighted by Crippen LogP contribution is 2.34. The average molecular weight is 549 g/mol. The predicted octanol–water partition coefficient (Wildman–Crippen LogP) is 3.25. The van der Waals surface area contributed by atoms with Gasteiger partial charge >= 0.3 is 0 Å². The Morgan fingerprint density at radius 3 is 1.43 bits per heavy atom. The Kier molecular flexibility index (Phi) is 8.38. The molecule has 2 aromatic rings. The zero-order valence-corrected chi connectivity index (χ0v) is 21.1. The summed E-state index contributed by atoms with van der Waals surface area (Å²) in [6.45, 7) is 6.76. The number of hydrogen-bond donors (Lipinski definition) is 0. The number of hydrogen-bond acceptors (Lipinski definition) is 8. The van der Waals surface area contributed by atoms with Gasteiger partial charge in [0, 0.05) is 37.3 Å². The van der Waals surface area contributed by atoms with E-state index in [-0.39, 0.29) is 19.5 Å². The van der Waals surface area contributed by atoms with Crippen molar-refractivity contribution in [1.82, 2.24) is 8.61 Å². The van der Waals surface area contributed by atoms with Crippen LogP contribution in [0, 0.1) is 20.2 Å². The normalized spacial score (nSPS) is 17.7. The summed E-state index contributed by atoms with van der Waals surface area (Å²) in [5, 5.41) is 22.9. The van der Waals surface area contributed by atoms with Crippen molar-refractivity contribution in [2.75, 3.05) is 13.1 Å². The average Bonchev–Trinajstić information content (AvgIpc) is 3.34. The lowest BCUT2D eigenvalue weighted by Gasteiger charge is -2.30. The van der Waals surface area contributed by atoms with Crippen LogP contribution in [0.3, 0.4) is 0 Å². The van der Waals surface area contributed by atoms with Gasteiger partial charge in [0.05, 0.1) is 9.85 Å². The van der Waals surface area contributed by atoms with Gasteiger partial charge in [-0.15, -0.1) is 13.2 Å². The lowest BCUT2D eigenvalue weighted by atomic mass is 10.2. The van der Waals surface area contributed by atoms with Gasteiger partial charge in [-0.1, -0.05) is 48.6 Å². The Balaban J connectivity index is 1.99. The molecule has 0 amide bonds. The number of rotatable bonds is 12. The van der Waals surface area contributed by atoms with Crippen molar-refractivity contribution < 1.29 is 26.7 Å². The second-order valence-electron chi connectivity index (χ2n) is 7.93. The van der Waals surface area contributed by atoms with Gasteiger partial charge in [0.15, 0.2) is 9.79 Å². The van der Waals surface area contributed by atoms with Gasteiger partial charge in [0.25, 0.3) is 31.4 Å². The van der Waals surface area contributed by atoms with Gasteiger partial charge in [-0.05, 0) is 18.6 Å². The molecule has 196 valence electrons. The van der Waals surface area contributed by atoms with E-state index >= 15 is 0 Å². The number of nitrogens with zero attached hydrogens (tertiary/aromatic N) is 4. The van der Waals surface area contributed by atoms with E-state index in [9.17, 15) is 37.1 Å². The summed E-state index contributed by atoms with van der Waals surface area (Å²) in [6.07, 6.45) is 5.58. The highest BCUT2D eigenvalue weighted by Gasteiger charge is 2.41. The highest BCUT2D eigenvalue weighted by molar-refractivity contribution is 7.89. The van der Waals surface area contributed by atoms with Gasteiger partial charge in [-0.2, -0.15) is 8.61 Å². The molecule has 0 aliphatic heterocycles. The molecule has 0 radical (unpaired) electrons. The minimum absolute atomic E-state index is 0.0403. The molecule has 2 atom stereocenters. The van der Waals surface area contributed by atoms with Crippen molar-refractivity contribution in [3.63, 3.8) is 0 Å². The Hall–Kier alpha value is -3.72. The fraction of sp³-hybridized carbons (Fsp3) is 0.217. The van der Waals surface area contributed by atoms with Crippen LogP contribution in [0.1, 0.15) is 6.42 Å². The van der Waals surface area contributed by atoms with E-state index in [1.54, 1.807) is 0 Å². The van der Waals surface area contributed by atoms with E-state index in [0.29, 0.717) is 0 Å². The zero-order valence-electron chi connectivity index (χ0n) is 19.5. The van der Waals surface area contributed by atoms with E-state index in [1.165, 1.54) is 48.6 Å². The summed E-state index contributed by atoms with van der Waals surface area (Å²) in [5.74, 6) is 0. The third-order valence-corrected chi connectivity index (χ3v) is 9.57. The van der Waals surface area contributed by atoms with E-state index in [2.05, 4.69) is 13.2 Å². The molecule has 3 rings (SSSR count). The molecule has 0 spiro atoms. The Morgan fingerprint density at radius 2 is 1.11 bits per heavy atom. The first-order chi connectivity index (χ1) is 17.5. The molecule has 37 heavy (non-hydrogen) atoms. The number of nitro groups is 2. The molecule has 0 N–H and O–H groups in total. The topological polar surface area (TPSA) is 161 Å². The van der Waals surface area contributed by atoms with Crippen LogP contribution in [0.25, 0.3) is 0 Å². The van der Waals surface area contributed by atoms with E-state index in [4.69, 9.17) is 0 Å². The quantitative estimate of drug-likeness (QED) is 0.222. The molecule has 14 heteroatoms. The number of nitro benzene ring substituents is 2. The Bertz CT molecular complexity index is 1360. The standard InChI is InChI=1S/C23H24N4O8S2/c1-3-15-24(36(32,33)22-11-7-5-9-20(22)26(28)29)18-13-14-19(17-18)25(16-4-2)37(34,35)23-12-8-6-10-21(23)27(30)31/h3-14,18-19H,1-2,15-17H2/t18-,19+. The fourth-order valence-corrected chi connectivity index (χ4v) is 7.52. The van der Waals surface area contributed by atoms with Crippen molar-refractivity contribution in [2.45, 2.75) is 28.3 Å². The summed E-state index contributed by atoms with van der Waals surface area (Å²) in [6, 6.07) is 8.10. The molecule has 1 aliphatic rings. The summed E-state index contributed by atoms with van der Waals surface area (Å²) in [5.41, 5.74) is -1.19. The van der Waals surface area contributed by atoms with E-state index < -0.39 is 63.1 Å². The molecule has 0 unspecified atom stereocenters. The van der Waals surface area contributed by atoms with Crippen LogP contribution in [-0.4, -0.2) is 60.5 Å². The molecule has 0 heterocycles. The summed E-state index contributed by atoms with van der Waals surface area (Å²) >= 11 is 0. The Labute approximate surface area is 214 Å². The lowest BCUT2D eigenvalue weighted by molar-refractivity contribution is -0.388. The zero-order chi connectivity index (χ0) is 27.4. The second kappa shape index (κ2) is 11.1. The molecule has 1 aliphatic carbocycles. The lowest BCUT2D eigenvalue weighted by Crippen LogP contribution is -2.43. The first kappa shape index (κ1) is 27.9. The number of sulfonamides is 2. The van der Waals surface area contributed by atoms with Crippen molar-refractivity contribution in [3.05, 3.63) is 106 Å². The SMILES string of the molecule is C=CCN([C@@H]1C=C[C@H](N(CC=C)S(=O)(=O)c2ccccc2[N+](=O)[O-])C1)S(=O)(=O)c1ccccc1[N+](=O)[O-]. The van der Waals surface area contributed by atoms with E-state index in [0.717, 1.165) is 32.9 Å². The first-order valence-corrected chi connectivity index (χ1v) is 13.8. The van der Waals surface area contributed by atoms with Crippen molar-refractivity contribution in [1.29, 1.82) is 0 Å². The highest BCUT2D eigenvalue weighted by atomic mass is 32.2. The number of benzene rings is 2. The molecule has 2 aromatic carbocycles. The monoisotopic (exact) mass is 548 g/mol. The maximum absolute atomic E-state index is 13.5. The molecule has 0 fully saturated rings. The minimum Gasteiger partial charge on any atom is -0.258 e. The van der Waals surface area contributed by atoms with Crippen LogP contribution in [0.15, 0.2) is 95.8 Å². The van der Waals surface area contributed by atoms with Crippen LogP contribution in [0.4, 0.5) is 11.4 Å². The minimum atomic E-state index is -4.40. The van der Waals surface area contributed by atoms with Gasteiger partial charge in [0.1, 0.15) is 0 Å². The summed E-state index contributed by atoms with van der Waals surface area (Å²) in [4.78, 5) is 20.3. The van der Waals surface area contributed by atoms with Crippen LogP contribution in [0.5, 0.6) is 0 Å². The molecular weight excluding hydrogens is 524 g/mol. The third-order valence-electron chi connectivity index (χ3n) is 5.69. The second-order valence-corrected chi connectivity index (χ2v) is 11.6. The Morgan fingerprint density at radius 1 is 0.757 bits per heavy atom. The molecule has 0 aromatic heterocycles. The number of para-hydroxylation sites is 2. The van der Waals surface area contributed by atoms with Gasteiger partial charge in [0.2, 0.25) is 0 Å². The van der Waals surface area contributed by atoms with Crippen molar-refractivity contribution in [2.24, 2.45) is 0 Å². The van der Waals surface area contributed by atoms with Crippen LogP contribution in [0.2, 0.25) is 0 Å².